The molecule has 1 aliphatic heterocycles. The van der Waals surface area contributed by atoms with E-state index in [-0.39, 0.29) is 21.4 Å². The number of nitrogens with one attached hydrogen (secondary N) is 1. The van der Waals surface area contributed by atoms with Crippen LogP contribution in [0.5, 0.6) is 0 Å². The number of benzene rings is 2. The molecule has 0 radical (unpaired) electrons. The summed E-state index contributed by atoms with van der Waals surface area (Å²) in [6, 6.07) is 16.4. The van der Waals surface area contributed by atoms with Gasteiger partial charge in [0.25, 0.3) is 11.8 Å². The Morgan fingerprint density at radius 2 is 1.67 bits per heavy atom. The van der Waals surface area contributed by atoms with Crippen LogP contribution in [0.2, 0.25) is 10.0 Å². The van der Waals surface area contributed by atoms with Gasteiger partial charge in [0.05, 0.1) is 21.3 Å². The van der Waals surface area contributed by atoms with Crippen LogP contribution in [-0.2, 0) is 9.59 Å². The van der Waals surface area contributed by atoms with Crippen molar-refractivity contribution in [1.82, 2.24) is 0 Å². The lowest BCUT2D eigenvalue weighted by Gasteiger charge is -2.17. The van der Waals surface area contributed by atoms with E-state index in [2.05, 4.69) is 19.2 Å². The second-order valence-electron chi connectivity index (χ2n) is 7.15. The molecule has 3 aromatic rings. The quantitative estimate of drug-likeness (QED) is 0.441. The van der Waals surface area contributed by atoms with Crippen molar-refractivity contribution in [2.24, 2.45) is 0 Å². The van der Waals surface area contributed by atoms with E-state index >= 15 is 0 Å². The van der Waals surface area contributed by atoms with Gasteiger partial charge in [0.2, 0.25) is 0 Å². The van der Waals surface area contributed by atoms with Gasteiger partial charge in [-0.1, -0.05) is 61.3 Å². The largest absolute Gasteiger partial charge is 0.350 e. The zero-order valence-electron chi connectivity index (χ0n) is 16.3. The van der Waals surface area contributed by atoms with Gasteiger partial charge in [-0.15, -0.1) is 11.3 Å². The van der Waals surface area contributed by atoms with Crippen LogP contribution in [0.1, 0.15) is 30.2 Å². The molecule has 1 aliphatic rings. The minimum Gasteiger partial charge on any atom is -0.350 e. The first kappa shape index (κ1) is 20.7. The van der Waals surface area contributed by atoms with Crippen molar-refractivity contribution in [3.05, 3.63) is 86.2 Å². The van der Waals surface area contributed by atoms with Crippen LogP contribution in [0, 0.1) is 0 Å². The predicted octanol–water partition coefficient (Wildman–Crippen LogP) is 6.57. The summed E-state index contributed by atoms with van der Waals surface area (Å²) in [5.41, 5.74) is 2.72. The fourth-order valence-electron chi connectivity index (χ4n) is 3.27. The standard InChI is InChI=1S/C23H18Cl2N2O2S/c1-13(2)14-8-10-15(11-9-14)26-21-19(18-7-4-12-30-18)22(28)27(23(21)29)17-6-3-5-16(24)20(17)25/h3-13,26H,1-2H3. The summed E-state index contributed by atoms with van der Waals surface area (Å²) >= 11 is 13.8. The molecule has 0 saturated heterocycles. The number of carbonyl (C=O) groups is 2. The number of nitrogens with zero attached hydrogens (tertiary/aromatic N) is 1. The summed E-state index contributed by atoms with van der Waals surface area (Å²) in [5.74, 6) is -0.511. The third-order valence-corrected chi connectivity index (χ3v) is 6.57. The van der Waals surface area contributed by atoms with Crippen molar-refractivity contribution < 1.29 is 9.59 Å². The molecule has 2 heterocycles. The molecule has 0 bridgehead atoms. The van der Waals surface area contributed by atoms with Crippen LogP contribution in [0.25, 0.3) is 5.57 Å². The second-order valence-corrected chi connectivity index (χ2v) is 8.88. The summed E-state index contributed by atoms with van der Waals surface area (Å²) in [5, 5.41) is 5.46. The molecule has 7 heteroatoms. The highest BCUT2D eigenvalue weighted by Crippen LogP contribution is 2.40. The first-order chi connectivity index (χ1) is 14.4. The molecule has 0 spiro atoms. The highest BCUT2D eigenvalue weighted by Gasteiger charge is 2.41. The molecule has 2 amide bonds. The Balaban J connectivity index is 1.77. The Hall–Kier alpha value is -2.60. The maximum atomic E-state index is 13.4. The van der Waals surface area contributed by atoms with Gasteiger partial charge in [0.1, 0.15) is 5.70 Å². The molecular weight excluding hydrogens is 439 g/mol. The van der Waals surface area contributed by atoms with Gasteiger partial charge in [-0.2, -0.15) is 0 Å². The van der Waals surface area contributed by atoms with Crippen LogP contribution in [0.4, 0.5) is 11.4 Å². The summed E-state index contributed by atoms with van der Waals surface area (Å²) in [7, 11) is 0. The number of anilines is 2. The number of thiophene rings is 1. The summed E-state index contributed by atoms with van der Waals surface area (Å²) < 4.78 is 0. The van der Waals surface area contributed by atoms with Gasteiger partial charge in [0, 0.05) is 10.6 Å². The summed E-state index contributed by atoms with van der Waals surface area (Å²) in [6.07, 6.45) is 0. The third kappa shape index (κ3) is 3.65. The van der Waals surface area contributed by atoms with Crippen molar-refractivity contribution >= 4 is 63.3 Å². The van der Waals surface area contributed by atoms with E-state index in [0.717, 1.165) is 10.6 Å². The maximum Gasteiger partial charge on any atom is 0.282 e. The van der Waals surface area contributed by atoms with E-state index in [1.807, 2.05) is 41.8 Å². The Bertz CT molecular complexity index is 1150. The number of carbonyl (C=O) groups excluding carboxylic acids is 2. The number of amides is 2. The molecule has 2 aromatic carbocycles. The van der Waals surface area contributed by atoms with E-state index in [4.69, 9.17) is 23.2 Å². The molecule has 0 atom stereocenters. The number of imide groups is 1. The predicted molar refractivity (Wildman–Crippen MR) is 124 cm³/mol. The highest BCUT2D eigenvalue weighted by atomic mass is 35.5. The maximum absolute atomic E-state index is 13.4. The van der Waals surface area contributed by atoms with E-state index < -0.39 is 11.8 Å². The van der Waals surface area contributed by atoms with Gasteiger partial charge in [0.15, 0.2) is 0 Å². The zero-order valence-corrected chi connectivity index (χ0v) is 18.6. The second kappa shape index (κ2) is 8.26. The summed E-state index contributed by atoms with van der Waals surface area (Å²) in [4.78, 5) is 28.5. The van der Waals surface area contributed by atoms with Gasteiger partial charge >= 0.3 is 0 Å². The molecule has 30 heavy (non-hydrogen) atoms. The fourth-order valence-corrected chi connectivity index (χ4v) is 4.42. The molecule has 152 valence electrons. The first-order valence-electron chi connectivity index (χ1n) is 9.36. The average Bonchev–Trinajstić information content (AvgIpc) is 3.32. The van der Waals surface area contributed by atoms with Gasteiger partial charge in [-0.05, 0) is 47.2 Å². The van der Waals surface area contributed by atoms with Gasteiger partial charge in [-0.3, -0.25) is 9.59 Å². The van der Waals surface area contributed by atoms with Crippen molar-refractivity contribution in [2.75, 3.05) is 10.2 Å². The Labute approximate surface area is 188 Å². The zero-order chi connectivity index (χ0) is 21.4. The summed E-state index contributed by atoms with van der Waals surface area (Å²) in [6.45, 7) is 4.23. The number of halogens is 2. The minimum absolute atomic E-state index is 0.161. The van der Waals surface area contributed by atoms with E-state index in [1.54, 1.807) is 18.2 Å². The molecule has 4 rings (SSSR count). The number of hydrogen-bond acceptors (Lipinski definition) is 4. The lowest BCUT2D eigenvalue weighted by Crippen LogP contribution is -2.32. The topological polar surface area (TPSA) is 49.4 Å². The van der Waals surface area contributed by atoms with Crippen molar-refractivity contribution in [2.45, 2.75) is 19.8 Å². The van der Waals surface area contributed by atoms with E-state index in [9.17, 15) is 9.59 Å². The smallest absolute Gasteiger partial charge is 0.282 e. The monoisotopic (exact) mass is 456 g/mol. The molecule has 0 fully saturated rings. The van der Waals surface area contributed by atoms with Crippen LogP contribution in [0.3, 0.4) is 0 Å². The molecule has 4 nitrogen and oxygen atoms in total. The van der Waals surface area contributed by atoms with Gasteiger partial charge < -0.3 is 5.32 Å². The van der Waals surface area contributed by atoms with Crippen molar-refractivity contribution in [3.8, 4) is 0 Å². The molecule has 1 N–H and O–H groups in total. The van der Waals surface area contributed by atoms with E-state index in [0.29, 0.717) is 16.4 Å². The Morgan fingerprint density at radius 1 is 0.933 bits per heavy atom. The molecular formula is C23H18Cl2N2O2S. The molecule has 0 aliphatic carbocycles. The van der Waals surface area contributed by atoms with Crippen molar-refractivity contribution in [1.29, 1.82) is 0 Å². The van der Waals surface area contributed by atoms with Crippen LogP contribution >= 0.6 is 34.5 Å². The molecule has 0 unspecified atom stereocenters. The normalized spacial score (nSPS) is 14.2. The lowest BCUT2D eigenvalue weighted by atomic mass is 10.0. The van der Waals surface area contributed by atoms with Crippen molar-refractivity contribution in [3.63, 3.8) is 0 Å². The van der Waals surface area contributed by atoms with Gasteiger partial charge in [-0.25, -0.2) is 4.90 Å². The Morgan fingerprint density at radius 3 is 2.30 bits per heavy atom. The lowest BCUT2D eigenvalue weighted by molar-refractivity contribution is -0.120. The van der Waals surface area contributed by atoms with Crippen LogP contribution < -0.4 is 10.2 Å². The van der Waals surface area contributed by atoms with Crippen LogP contribution in [-0.4, -0.2) is 11.8 Å². The highest BCUT2D eigenvalue weighted by molar-refractivity contribution is 7.11. The fraction of sp³-hybridized carbons (Fsp3) is 0.130. The SMILES string of the molecule is CC(C)c1ccc(NC2=C(c3cccs3)C(=O)N(c3cccc(Cl)c3Cl)C2=O)cc1. The molecule has 1 aromatic heterocycles. The molecule has 0 saturated carbocycles. The third-order valence-electron chi connectivity index (χ3n) is 4.87. The van der Waals surface area contributed by atoms with Crippen LogP contribution in [0.15, 0.2) is 65.7 Å². The van der Waals surface area contributed by atoms with E-state index in [1.165, 1.54) is 16.9 Å². The minimum atomic E-state index is -0.472. The Kier molecular flexibility index (Phi) is 5.69. The average molecular weight is 457 g/mol. The first-order valence-corrected chi connectivity index (χ1v) is 11.0. The number of rotatable bonds is 5. The number of hydrogen-bond donors (Lipinski definition) is 1.